The molecule has 0 saturated heterocycles. The van der Waals surface area contributed by atoms with Crippen molar-refractivity contribution in [2.24, 2.45) is 0 Å². The van der Waals surface area contributed by atoms with Gasteiger partial charge in [-0.25, -0.2) is 0 Å². The summed E-state index contributed by atoms with van der Waals surface area (Å²) in [5, 5.41) is 0. The molecular weight excluding hydrogens is 705 g/mol. The monoisotopic (exact) mass is 750 g/mol. The topological polar surface area (TPSA) is 0 Å². The molecule has 0 aromatic heterocycles. The van der Waals surface area contributed by atoms with E-state index in [2.05, 4.69) is 88.5 Å². The second-order valence-electron chi connectivity index (χ2n) is 8.87. The molecule has 0 radical (unpaired) electrons. The first-order chi connectivity index (χ1) is 14.6. The summed E-state index contributed by atoms with van der Waals surface area (Å²) < 4.78 is 4.80. The Labute approximate surface area is 229 Å². The Kier molecular flexibility index (Phi) is 18.4. The largest absolute Gasteiger partial charge is 0.0654 e. The van der Waals surface area contributed by atoms with Crippen LogP contribution in [0.1, 0.15) is 134 Å². The minimum absolute atomic E-state index is 1.28. The van der Waals surface area contributed by atoms with Gasteiger partial charge in [-0.05, 0) is 123 Å². The quantitative estimate of drug-likeness (QED) is 0.104. The lowest BCUT2D eigenvalue weighted by atomic mass is 9.95. The highest BCUT2D eigenvalue weighted by Gasteiger charge is 2.19. The normalized spacial score (nSPS) is 11.4. The molecule has 0 fully saturated rings. The van der Waals surface area contributed by atoms with E-state index in [4.69, 9.17) is 0 Å². The maximum atomic E-state index is 2.69. The van der Waals surface area contributed by atoms with Crippen LogP contribution in [0, 0.1) is 10.7 Å². The second kappa shape index (κ2) is 18.8. The lowest BCUT2D eigenvalue weighted by molar-refractivity contribution is 0.620. The van der Waals surface area contributed by atoms with Crippen LogP contribution in [0.4, 0.5) is 0 Å². The molecule has 0 aliphatic rings. The van der Waals surface area contributed by atoms with Gasteiger partial charge in [0.1, 0.15) is 0 Å². The fourth-order valence-electron chi connectivity index (χ4n) is 4.21. The molecule has 30 heavy (non-hydrogen) atoms. The summed E-state index contributed by atoms with van der Waals surface area (Å²) in [6.45, 7) is 6.93. The Morgan fingerprint density at radius 3 is 0.833 bits per heavy atom. The van der Waals surface area contributed by atoms with Crippen molar-refractivity contribution in [3.05, 3.63) is 27.4 Å². The third-order valence-corrected chi connectivity index (χ3v) is 10.1. The van der Waals surface area contributed by atoms with Crippen molar-refractivity contribution in [3.63, 3.8) is 0 Å². The van der Waals surface area contributed by atoms with Gasteiger partial charge in [-0.15, -0.1) is 0 Å². The SMILES string of the molecule is CCCCCCCc1c(I)c(CCCCCCC)c(I)c(CCCCCCC)c1I. The van der Waals surface area contributed by atoms with Gasteiger partial charge in [-0.3, -0.25) is 0 Å². The molecule has 1 aromatic rings. The highest BCUT2D eigenvalue weighted by atomic mass is 127. The van der Waals surface area contributed by atoms with Crippen LogP contribution in [-0.2, 0) is 19.3 Å². The Hall–Kier alpha value is 1.41. The van der Waals surface area contributed by atoms with Crippen LogP contribution in [-0.4, -0.2) is 0 Å². The van der Waals surface area contributed by atoms with E-state index in [1.54, 1.807) is 27.4 Å². The molecule has 3 heteroatoms. The van der Waals surface area contributed by atoms with Crippen LogP contribution in [0.3, 0.4) is 0 Å². The average Bonchev–Trinajstić information content (AvgIpc) is 2.74. The third kappa shape index (κ3) is 11.0. The third-order valence-electron chi connectivity index (χ3n) is 6.18. The van der Waals surface area contributed by atoms with Gasteiger partial charge in [0.05, 0.1) is 0 Å². The minimum Gasteiger partial charge on any atom is -0.0654 e. The van der Waals surface area contributed by atoms with Crippen molar-refractivity contribution in [2.75, 3.05) is 0 Å². The molecule has 1 aromatic carbocycles. The van der Waals surface area contributed by atoms with E-state index in [0.29, 0.717) is 0 Å². The van der Waals surface area contributed by atoms with E-state index in [9.17, 15) is 0 Å². The van der Waals surface area contributed by atoms with Crippen LogP contribution < -0.4 is 0 Å². The zero-order valence-electron chi connectivity index (χ0n) is 19.9. The molecule has 0 aliphatic carbocycles. The van der Waals surface area contributed by atoms with Gasteiger partial charge in [0.2, 0.25) is 0 Å². The van der Waals surface area contributed by atoms with Crippen molar-refractivity contribution in [3.8, 4) is 0 Å². The summed E-state index contributed by atoms with van der Waals surface area (Å²) in [4.78, 5) is 0. The lowest BCUT2D eigenvalue weighted by Gasteiger charge is -2.20. The molecule has 0 spiro atoms. The van der Waals surface area contributed by atoms with Crippen LogP contribution in [0.25, 0.3) is 0 Å². The lowest BCUT2D eigenvalue weighted by Crippen LogP contribution is -2.09. The Bertz CT molecular complexity index is 478. The summed E-state index contributed by atoms with van der Waals surface area (Å²) in [7, 11) is 0. The highest BCUT2D eigenvalue weighted by Crippen LogP contribution is 2.35. The summed E-state index contributed by atoms with van der Waals surface area (Å²) in [5.74, 6) is 0. The van der Waals surface area contributed by atoms with Crippen LogP contribution in [0.2, 0.25) is 0 Å². The van der Waals surface area contributed by atoms with Crippen molar-refractivity contribution >= 4 is 67.8 Å². The average molecular weight is 750 g/mol. The van der Waals surface area contributed by atoms with Crippen molar-refractivity contribution in [1.82, 2.24) is 0 Å². The van der Waals surface area contributed by atoms with E-state index in [-0.39, 0.29) is 0 Å². The van der Waals surface area contributed by atoms with Crippen molar-refractivity contribution in [1.29, 1.82) is 0 Å². The predicted octanol–water partition coefficient (Wildman–Crippen LogP) is 11.0. The Morgan fingerprint density at radius 2 is 0.600 bits per heavy atom. The molecule has 0 atom stereocenters. The molecule has 0 aliphatic heterocycles. The van der Waals surface area contributed by atoms with Crippen molar-refractivity contribution < 1.29 is 0 Å². The molecular formula is C27H45I3. The number of halogens is 3. The zero-order valence-corrected chi connectivity index (χ0v) is 26.3. The molecule has 1 rings (SSSR count). The first kappa shape index (κ1) is 29.4. The standard InChI is InChI=1S/C27H45I3/c1-4-7-10-13-16-19-22-25(28)23(20-17-14-11-8-5-2)27(30)24(26(22)29)21-18-15-12-9-6-3/h4-21H2,1-3H3. The number of hydrogen-bond acceptors (Lipinski definition) is 0. The fourth-order valence-corrected chi connectivity index (χ4v) is 8.99. The predicted molar refractivity (Wildman–Crippen MR) is 162 cm³/mol. The van der Waals surface area contributed by atoms with Gasteiger partial charge < -0.3 is 0 Å². The van der Waals surface area contributed by atoms with Gasteiger partial charge in [0, 0.05) is 10.7 Å². The molecule has 0 nitrogen and oxygen atoms in total. The molecule has 0 N–H and O–H groups in total. The van der Waals surface area contributed by atoms with Gasteiger partial charge in [0.15, 0.2) is 0 Å². The fraction of sp³-hybridized carbons (Fsp3) is 0.778. The molecule has 0 bridgehead atoms. The summed E-state index contributed by atoms with van der Waals surface area (Å²) in [5.41, 5.74) is 5.04. The van der Waals surface area contributed by atoms with E-state index < -0.39 is 0 Å². The van der Waals surface area contributed by atoms with Gasteiger partial charge in [-0.1, -0.05) is 97.8 Å². The number of unbranched alkanes of at least 4 members (excludes halogenated alkanes) is 12. The molecule has 0 saturated carbocycles. The molecule has 0 amide bonds. The Morgan fingerprint density at radius 1 is 0.367 bits per heavy atom. The van der Waals surface area contributed by atoms with Gasteiger partial charge >= 0.3 is 0 Å². The van der Waals surface area contributed by atoms with Crippen LogP contribution in [0.15, 0.2) is 0 Å². The summed E-state index contributed by atoms with van der Waals surface area (Å²) in [6.07, 6.45) is 24.5. The molecule has 0 heterocycles. The van der Waals surface area contributed by atoms with Crippen LogP contribution in [0.5, 0.6) is 0 Å². The molecule has 0 unspecified atom stereocenters. The van der Waals surface area contributed by atoms with E-state index >= 15 is 0 Å². The summed E-state index contributed by atoms with van der Waals surface area (Å²) >= 11 is 8.08. The summed E-state index contributed by atoms with van der Waals surface area (Å²) in [6, 6.07) is 0. The maximum Gasteiger partial charge on any atom is 0.0215 e. The molecule has 174 valence electrons. The second-order valence-corrected chi connectivity index (χ2v) is 12.1. The van der Waals surface area contributed by atoms with Gasteiger partial charge in [0.25, 0.3) is 0 Å². The first-order valence-corrected chi connectivity index (χ1v) is 16.0. The maximum absolute atomic E-state index is 2.69. The van der Waals surface area contributed by atoms with Gasteiger partial charge in [-0.2, -0.15) is 0 Å². The number of benzene rings is 1. The first-order valence-electron chi connectivity index (χ1n) is 12.7. The zero-order chi connectivity index (χ0) is 22.2. The highest BCUT2D eigenvalue weighted by molar-refractivity contribution is 14.1. The van der Waals surface area contributed by atoms with E-state index in [1.165, 1.54) is 116 Å². The van der Waals surface area contributed by atoms with Crippen molar-refractivity contribution in [2.45, 2.75) is 136 Å². The minimum atomic E-state index is 1.28. The number of hydrogen-bond donors (Lipinski definition) is 0. The smallest absolute Gasteiger partial charge is 0.0215 e. The van der Waals surface area contributed by atoms with E-state index in [0.717, 1.165) is 0 Å². The van der Waals surface area contributed by atoms with E-state index in [1.807, 2.05) is 0 Å². The van der Waals surface area contributed by atoms with Crippen LogP contribution >= 0.6 is 67.8 Å². The Balaban J connectivity index is 2.93. The number of rotatable bonds is 18.